The Kier molecular flexibility index (Phi) is 5.34. The van der Waals surface area contributed by atoms with Crippen LogP contribution in [0.3, 0.4) is 0 Å². The van der Waals surface area contributed by atoms with Crippen LogP contribution in [0.5, 0.6) is 0 Å². The number of aryl methyl sites for hydroxylation is 2. The first kappa shape index (κ1) is 15.2. The number of nitrogens with one attached hydrogen (secondary N) is 2. The van der Waals surface area contributed by atoms with Crippen LogP contribution >= 0.6 is 0 Å². The Balaban J connectivity index is 2.51. The molecule has 1 aromatic heterocycles. The normalized spacial score (nSPS) is 12.3. The second kappa shape index (κ2) is 6.33. The molecule has 0 fully saturated rings. The lowest BCUT2D eigenvalue weighted by molar-refractivity contribution is 0.530. The van der Waals surface area contributed by atoms with Crippen LogP contribution in [0.2, 0.25) is 0 Å². The highest BCUT2D eigenvalue weighted by Crippen LogP contribution is 2.16. The molecule has 0 aliphatic rings. The zero-order valence-corrected chi connectivity index (χ0v) is 12.4. The molecule has 0 aromatic carbocycles. The molecule has 5 nitrogen and oxygen atoms in total. The largest absolute Gasteiger partial charge is 0.281 e. The molecule has 0 saturated carbocycles. The van der Waals surface area contributed by atoms with Crippen LogP contribution in [0.25, 0.3) is 0 Å². The van der Waals surface area contributed by atoms with Gasteiger partial charge in [0.15, 0.2) is 0 Å². The lowest BCUT2D eigenvalue weighted by Gasteiger charge is -2.07. The van der Waals surface area contributed by atoms with Gasteiger partial charge in [0.1, 0.15) is 4.90 Å². The van der Waals surface area contributed by atoms with Crippen LogP contribution in [0.1, 0.15) is 44.5 Å². The number of sulfonamides is 1. The number of nitrogens with zero attached hydrogens (tertiary/aromatic N) is 1. The summed E-state index contributed by atoms with van der Waals surface area (Å²) < 4.78 is 26.8. The van der Waals surface area contributed by atoms with E-state index in [0.717, 1.165) is 19.3 Å². The van der Waals surface area contributed by atoms with E-state index in [0.29, 0.717) is 23.9 Å². The highest BCUT2D eigenvalue weighted by Gasteiger charge is 2.21. The molecule has 1 aromatic rings. The van der Waals surface area contributed by atoms with E-state index in [9.17, 15) is 8.42 Å². The molecular formula is C12H23N3O2S. The van der Waals surface area contributed by atoms with E-state index in [1.165, 1.54) is 0 Å². The Labute approximate surface area is 109 Å². The number of rotatable bonds is 7. The maximum atomic E-state index is 12.1. The maximum absolute atomic E-state index is 12.1. The molecule has 6 heteroatoms. The van der Waals surface area contributed by atoms with Gasteiger partial charge in [-0.3, -0.25) is 5.10 Å². The summed E-state index contributed by atoms with van der Waals surface area (Å²) in [6.45, 7) is 8.23. The molecule has 0 aliphatic heterocycles. The Hall–Kier alpha value is -0.880. The molecule has 0 radical (unpaired) electrons. The topological polar surface area (TPSA) is 74.8 Å². The van der Waals surface area contributed by atoms with E-state index in [1.807, 2.05) is 0 Å². The Morgan fingerprint density at radius 2 is 1.94 bits per heavy atom. The van der Waals surface area contributed by atoms with Crippen molar-refractivity contribution in [2.45, 2.75) is 51.9 Å². The predicted molar refractivity (Wildman–Crippen MR) is 71.9 cm³/mol. The Morgan fingerprint density at radius 3 is 2.44 bits per heavy atom. The molecular weight excluding hydrogens is 250 g/mol. The van der Waals surface area contributed by atoms with Gasteiger partial charge in [-0.25, -0.2) is 13.1 Å². The van der Waals surface area contributed by atoms with E-state index in [4.69, 9.17) is 0 Å². The first-order valence-electron chi connectivity index (χ1n) is 6.36. The average molecular weight is 273 g/mol. The van der Waals surface area contributed by atoms with Crippen molar-refractivity contribution in [2.24, 2.45) is 5.92 Å². The minimum atomic E-state index is -3.42. The van der Waals surface area contributed by atoms with Crippen molar-refractivity contribution >= 4 is 10.0 Å². The van der Waals surface area contributed by atoms with E-state index < -0.39 is 10.0 Å². The fraction of sp³-hybridized carbons (Fsp3) is 0.750. The van der Waals surface area contributed by atoms with Crippen LogP contribution in [0.4, 0.5) is 0 Å². The lowest BCUT2D eigenvalue weighted by Crippen LogP contribution is -2.25. The molecule has 1 rings (SSSR count). The van der Waals surface area contributed by atoms with Gasteiger partial charge in [-0.15, -0.1) is 0 Å². The lowest BCUT2D eigenvalue weighted by atomic mass is 10.1. The molecule has 1 heterocycles. The van der Waals surface area contributed by atoms with Crippen LogP contribution in [-0.2, 0) is 10.0 Å². The van der Waals surface area contributed by atoms with Crippen LogP contribution in [0.15, 0.2) is 4.90 Å². The molecule has 104 valence electrons. The van der Waals surface area contributed by atoms with Gasteiger partial charge in [-0.2, -0.15) is 5.10 Å². The second-order valence-electron chi connectivity index (χ2n) is 5.05. The van der Waals surface area contributed by atoms with Crippen molar-refractivity contribution in [3.63, 3.8) is 0 Å². The number of aromatic amines is 1. The standard InChI is InChI=1S/C12H23N3O2S/c1-9(2)7-5-6-8-13-18(16,17)12-10(3)14-15-11(12)4/h9,13H,5-8H2,1-4H3,(H,14,15). The zero-order chi connectivity index (χ0) is 13.8. The van der Waals surface area contributed by atoms with Gasteiger partial charge in [0, 0.05) is 6.54 Å². The summed E-state index contributed by atoms with van der Waals surface area (Å²) in [6, 6.07) is 0. The van der Waals surface area contributed by atoms with Gasteiger partial charge in [0.05, 0.1) is 11.4 Å². The second-order valence-corrected chi connectivity index (χ2v) is 6.75. The van der Waals surface area contributed by atoms with Gasteiger partial charge >= 0.3 is 0 Å². The third-order valence-electron chi connectivity index (χ3n) is 2.83. The van der Waals surface area contributed by atoms with Crippen LogP contribution in [0, 0.1) is 19.8 Å². The van der Waals surface area contributed by atoms with Gasteiger partial charge < -0.3 is 0 Å². The summed E-state index contributed by atoms with van der Waals surface area (Å²) in [5, 5.41) is 6.60. The third-order valence-corrected chi connectivity index (χ3v) is 4.55. The molecule has 0 aliphatic carbocycles. The summed E-state index contributed by atoms with van der Waals surface area (Å²) in [4.78, 5) is 0.284. The third kappa shape index (κ3) is 4.10. The van der Waals surface area contributed by atoms with E-state index in [1.54, 1.807) is 13.8 Å². The number of unbranched alkanes of at least 4 members (excludes halogenated alkanes) is 1. The van der Waals surface area contributed by atoms with Crippen molar-refractivity contribution in [1.82, 2.24) is 14.9 Å². The van der Waals surface area contributed by atoms with Crippen molar-refractivity contribution in [2.75, 3.05) is 6.54 Å². The Morgan fingerprint density at radius 1 is 1.28 bits per heavy atom. The molecule has 2 N–H and O–H groups in total. The van der Waals surface area contributed by atoms with Gasteiger partial charge in [0.2, 0.25) is 10.0 Å². The van der Waals surface area contributed by atoms with Gasteiger partial charge in [-0.05, 0) is 26.2 Å². The summed E-state index contributed by atoms with van der Waals surface area (Å²) in [5.41, 5.74) is 1.10. The first-order valence-corrected chi connectivity index (χ1v) is 7.84. The summed E-state index contributed by atoms with van der Waals surface area (Å²) in [7, 11) is -3.42. The first-order chi connectivity index (χ1) is 8.34. The average Bonchev–Trinajstić information content (AvgIpc) is 2.57. The van der Waals surface area contributed by atoms with Gasteiger partial charge in [0.25, 0.3) is 0 Å². The SMILES string of the molecule is Cc1n[nH]c(C)c1S(=O)(=O)NCCCCC(C)C. The fourth-order valence-electron chi connectivity index (χ4n) is 1.89. The van der Waals surface area contributed by atoms with Crippen LogP contribution < -0.4 is 4.72 Å². The smallest absolute Gasteiger partial charge is 0.244 e. The highest BCUT2D eigenvalue weighted by atomic mass is 32.2. The van der Waals surface area contributed by atoms with Crippen molar-refractivity contribution in [3.8, 4) is 0 Å². The van der Waals surface area contributed by atoms with Gasteiger partial charge in [-0.1, -0.05) is 26.7 Å². The molecule has 0 saturated heterocycles. The number of hydrogen-bond donors (Lipinski definition) is 2. The molecule has 0 atom stereocenters. The molecule has 18 heavy (non-hydrogen) atoms. The Bertz CT molecular complexity index is 458. The van der Waals surface area contributed by atoms with Crippen LogP contribution in [-0.4, -0.2) is 25.2 Å². The summed E-state index contributed by atoms with van der Waals surface area (Å²) >= 11 is 0. The molecule has 0 spiro atoms. The highest BCUT2D eigenvalue weighted by molar-refractivity contribution is 7.89. The van der Waals surface area contributed by atoms with E-state index in [-0.39, 0.29) is 4.90 Å². The van der Waals surface area contributed by atoms with E-state index in [2.05, 4.69) is 28.8 Å². The minimum absolute atomic E-state index is 0.284. The summed E-state index contributed by atoms with van der Waals surface area (Å²) in [6.07, 6.45) is 3.04. The monoisotopic (exact) mass is 273 g/mol. The zero-order valence-electron chi connectivity index (χ0n) is 11.6. The van der Waals surface area contributed by atoms with E-state index >= 15 is 0 Å². The molecule has 0 bridgehead atoms. The number of aromatic nitrogens is 2. The van der Waals surface area contributed by atoms with Crippen molar-refractivity contribution < 1.29 is 8.42 Å². The quantitative estimate of drug-likeness (QED) is 0.747. The molecule has 0 amide bonds. The van der Waals surface area contributed by atoms with Crippen molar-refractivity contribution in [1.29, 1.82) is 0 Å². The fourth-order valence-corrected chi connectivity index (χ4v) is 3.33. The number of hydrogen-bond acceptors (Lipinski definition) is 3. The minimum Gasteiger partial charge on any atom is -0.281 e. The predicted octanol–water partition coefficient (Wildman–Crippen LogP) is 2.13. The number of H-pyrrole nitrogens is 1. The molecule has 0 unspecified atom stereocenters. The maximum Gasteiger partial charge on any atom is 0.244 e. The summed E-state index contributed by atoms with van der Waals surface area (Å²) in [5.74, 6) is 0.667. The van der Waals surface area contributed by atoms with Crippen molar-refractivity contribution in [3.05, 3.63) is 11.4 Å².